The molecule has 0 spiro atoms. The maximum absolute atomic E-state index is 13.0. The lowest BCUT2D eigenvalue weighted by Gasteiger charge is -2.24. The van der Waals surface area contributed by atoms with Gasteiger partial charge in [-0.25, -0.2) is 14.3 Å². The molecule has 8 nitrogen and oxygen atoms in total. The molecule has 0 unspecified atom stereocenters. The lowest BCUT2D eigenvalue weighted by molar-refractivity contribution is -0.119. The summed E-state index contributed by atoms with van der Waals surface area (Å²) in [6.07, 6.45) is 0. The second-order valence-corrected chi connectivity index (χ2v) is 7.56. The number of sulfonamides is 1. The summed E-state index contributed by atoms with van der Waals surface area (Å²) in [7, 11) is -4.08. The maximum atomic E-state index is 13.0. The minimum Gasteiger partial charge on any atom is -0.326 e. The van der Waals surface area contributed by atoms with Crippen LogP contribution in [0.25, 0.3) is 0 Å². The van der Waals surface area contributed by atoms with Gasteiger partial charge < -0.3 is 5.32 Å². The van der Waals surface area contributed by atoms with Crippen molar-refractivity contribution < 1.29 is 18.0 Å². The van der Waals surface area contributed by atoms with Crippen LogP contribution in [0.4, 0.5) is 11.4 Å². The van der Waals surface area contributed by atoms with Gasteiger partial charge in [0.25, 0.3) is 15.9 Å². The van der Waals surface area contributed by atoms with Crippen LogP contribution in [0.1, 0.15) is 6.92 Å². The zero-order valence-electron chi connectivity index (χ0n) is 13.8. The first-order chi connectivity index (χ1) is 12.2. The molecule has 4 N–H and O–H groups in total. The first kappa shape index (κ1) is 19.7. The highest BCUT2D eigenvalue weighted by molar-refractivity contribution is 7.92. The van der Waals surface area contributed by atoms with Crippen LogP contribution in [0.2, 0.25) is 5.02 Å². The number of nitrogens with one attached hydrogen (secondary N) is 2. The molecule has 138 valence electrons. The van der Waals surface area contributed by atoms with Crippen molar-refractivity contribution in [2.75, 3.05) is 16.2 Å². The van der Waals surface area contributed by atoms with E-state index in [2.05, 4.69) is 5.32 Å². The molecule has 0 fully saturated rings. The third-order valence-corrected chi connectivity index (χ3v) is 5.33. The molecule has 2 aromatic carbocycles. The largest absolute Gasteiger partial charge is 0.326 e. The molecule has 0 bridgehead atoms. The molecule has 2 amide bonds. The number of rotatable bonds is 6. The fourth-order valence-corrected chi connectivity index (χ4v) is 3.76. The van der Waals surface area contributed by atoms with Crippen molar-refractivity contribution in [1.82, 2.24) is 5.43 Å². The Hall–Kier alpha value is -2.62. The van der Waals surface area contributed by atoms with Crippen molar-refractivity contribution in [3.8, 4) is 0 Å². The molecule has 0 atom stereocenters. The summed E-state index contributed by atoms with van der Waals surface area (Å²) in [6.45, 7) is 0.823. The standard InChI is InChI=1S/C16H17ClN4O4S/c1-11(22)19-13-5-7-15(8-6-13)26(24,25)21(10-16(23)20-18)14-4-2-3-12(17)9-14/h2-9H,10,18H2,1H3,(H,19,22)(H,20,23). The van der Waals surface area contributed by atoms with Crippen molar-refractivity contribution >= 4 is 44.8 Å². The van der Waals surface area contributed by atoms with Crippen LogP contribution in [0, 0.1) is 0 Å². The van der Waals surface area contributed by atoms with E-state index >= 15 is 0 Å². The topological polar surface area (TPSA) is 122 Å². The molecular formula is C16H17ClN4O4S. The number of halogens is 1. The summed E-state index contributed by atoms with van der Waals surface area (Å²) in [5, 5.41) is 2.86. The summed E-state index contributed by atoms with van der Waals surface area (Å²) in [4.78, 5) is 22.7. The Bertz CT molecular complexity index is 916. The molecule has 0 saturated carbocycles. The quantitative estimate of drug-likeness (QED) is 0.388. The summed E-state index contributed by atoms with van der Waals surface area (Å²) in [6, 6.07) is 11.7. The Morgan fingerprint density at radius 1 is 1.15 bits per heavy atom. The number of anilines is 2. The predicted octanol–water partition coefficient (Wildman–Crippen LogP) is 1.48. The monoisotopic (exact) mass is 396 g/mol. The van der Waals surface area contributed by atoms with Gasteiger partial charge in [0, 0.05) is 17.6 Å². The Balaban J connectivity index is 2.44. The van der Waals surface area contributed by atoms with Crippen LogP contribution in [-0.2, 0) is 19.6 Å². The van der Waals surface area contributed by atoms with Crippen molar-refractivity contribution in [2.24, 2.45) is 5.84 Å². The van der Waals surface area contributed by atoms with Gasteiger partial charge in [-0.1, -0.05) is 17.7 Å². The number of hydrogen-bond donors (Lipinski definition) is 3. The number of carbonyl (C=O) groups is 2. The molecule has 0 radical (unpaired) electrons. The van der Waals surface area contributed by atoms with E-state index in [1.807, 2.05) is 5.43 Å². The van der Waals surface area contributed by atoms with Gasteiger partial charge >= 0.3 is 0 Å². The second kappa shape index (κ2) is 8.17. The van der Waals surface area contributed by atoms with Gasteiger partial charge in [-0.05, 0) is 42.5 Å². The third-order valence-electron chi connectivity index (χ3n) is 3.31. The van der Waals surface area contributed by atoms with E-state index in [-0.39, 0.29) is 16.5 Å². The summed E-state index contributed by atoms with van der Waals surface area (Å²) >= 11 is 5.94. The lowest BCUT2D eigenvalue weighted by atomic mass is 10.3. The number of amides is 2. The summed E-state index contributed by atoms with van der Waals surface area (Å²) < 4.78 is 26.9. The fraction of sp³-hybridized carbons (Fsp3) is 0.125. The number of nitrogens with two attached hydrogens (primary N) is 1. The average Bonchev–Trinajstić information content (AvgIpc) is 2.59. The number of hydrogen-bond acceptors (Lipinski definition) is 5. The third kappa shape index (κ3) is 4.72. The zero-order chi connectivity index (χ0) is 19.3. The van der Waals surface area contributed by atoms with Crippen LogP contribution in [-0.4, -0.2) is 26.8 Å². The molecule has 0 aliphatic rings. The minimum atomic E-state index is -4.08. The molecule has 0 aliphatic heterocycles. The van der Waals surface area contributed by atoms with E-state index in [1.165, 1.54) is 43.3 Å². The Morgan fingerprint density at radius 3 is 2.35 bits per heavy atom. The van der Waals surface area contributed by atoms with Gasteiger partial charge in [0.05, 0.1) is 10.6 Å². The first-order valence-electron chi connectivity index (χ1n) is 7.39. The molecule has 10 heteroatoms. The molecule has 0 aliphatic carbocycles. The summed E-state index contributed by atoms with van der Waals surface area (Å²) in [5.41, 5.74) is 2.57. The Morgan fingerprint density at radius 2 is 1.81 bits per heavy atom. The van der Waals surface area contributed by atoms with E-state index < -0.39 is 22.5 Å². The van der Waals surface area contributed by atoms with Crippen LogP contribution < -0.4 is 20.9 Å². The highest BCUT2D eigenvalue weighted by Gasteiger charge is 2.27. The maximum Gasteiger partial charge on any atom is 0.264 e. The van der Waals surface area contributed by atoms with Crippen LogP contribution >= 0.6 is 11.6 Å². The molecule has 0 saturated heterocycles. The van der Waals surface area contributed by atoms with Crippen LogP contribution in [0.3, 0.4) is 0 Å². The van der Waals surface area contributed by atoms with Crippen LogP contribution in [0.5, 0.6) is 0 Å². The van der Waals surface area contributed by atoms with E-state index in [0.717, 1.165) is 4.31 Å². The van der Waals surface area contributed by atoms with Crippen molar-refractivity contribution in [2.45, 2.75) is 11.8 Å². The van der Waals surface area contributed by atoms with Gasteiger partial charge in [-0.3, -0.25) is 19.3 Å². The molecule has 2 aromatic rings. The van der Waals surface area contributed by atoms with Crippen molar-refractivity contribution in [1.29, 1.82) is 0 Å². The van der Waals surface area contributed by atoms with Gasteiger partial charge in [0.2, 0.25) is 5.91 Å². The second-order valence-electron chi connectivity index (χ2n) is 5.26. The minimum absolute atomic E-state index is 0.0589. The van der Waals surface area contributed by atoms with Gasteiger partial charge in [-0.2, -0.15) is 0 Å². The summed E-state index contributed by atoms with van der Waals surface area (Å²) in [5.74, 6) is 4.12. The number of benzene rings is 2. The zero-order valence-corrected chi connectivity index (χ0v) is 15.3. The first-order valence-corrected chi connectivity index (χ1v) is 9.21. The molecule has 2 rings (SSSR count). The van der Waals surface area contributed by atoms with Crippen molar-refractivity contribution in [3.05, 3.63) is 53.6 Å². The lowest BCUT2D eigenvalue weighted by Crippen LogP contribution is -2.43. The van der Waals surface area contributed by atoms with Crippen molar-refractivity contribution in [3.63, 3.8) is 0 Å². The van der Waals surface area contributed by atoms with Crippen LogP contribution in [0.15, 0.2) is 53.4 Å². The normalized spacial score (nSPS) is 10.9. The fourth-order valence-electron chi connectivity index (χ4n) is 2.16. The Kier molecular flexibility index (Phi) is 6.19. The van der Waals surface area contributed by atoms with E-state index in [4.69, 9.17) is 17.4 Å². The number of hydrazine groups is 1. The molecule has 26 heavy (non-hydrogen) atoms. The highest BCUT2D eigenvalue weighted by atomic mass is 35.5. The number of carbonyl (C=O) groups excluding carboxylic acids is 2. The SMILES string of the molecule is CC(=O)Nc1ccc(S(=O)(=O)N(CC(=O)NN)c2cccc(Cl)c2)cc1. The van der Waals surface area contributed by atoms with E-state index in [9.17, 15) is 18.0 Å². The molecular weight excluding hydrogens is 380 g/mol. The van der Waals surface area contributed by atoms with Gasteiger partial charge in [0.1, 0.15) is 6.54 Å². The van der Waals surface area contributed by atoms with Gasteiger partial charge in [0.15, 0.2) is 0 Å². The molecule has 0 aromatic heterocycles. The smallest absolute Gasteiger partial charge is 0.264 e. The van der Waals surface area contributed by atoms with E-state index in [1.54, 1.807) is 12.1 Å². The van der Waals surface area contributed by atoms with E-state index in [0.29, 0.717) is 10.7 Å². The highest BCUT2D eigenvalue weighted by Crippen LogP contribution is 2.26. The molecule has 0 heterocycles. The predicted molar refractivity (Wildman–Crippen MR) is 99.1 cm³/mol. The Labute approximate surface area is 156 Å². The van der Waals surface area contributed by atoms with Gasteiger partial charge in [-0.15, -0.1) is 0 Å². The number of nitrogens with zero attached hydrogens (tertiary/aromatic N) is 1. The average molecular weight is 397 g/mol.